The summed E-state index contributed by atoms with van der Waals surface area (Å²) < 4.78 is 5.45. The molecule has 1 aromatic carbocycles. The van der Waals surface area contributed by atoms with Crippen LogP contribution in [0, 0.1) is 37.5 Å². The predicted octanol–water partition coefficient (Wildman–Crippen LogP) is 2.81. The molecule has 1 saturated heterocycles. The highest BCUT2D eigenvalue weighted by atomic mass is 79.9. The van der Waals surface area contributed by atoms with Gasteiger partial charge >= 0.3 is 5.97 Å². The van der Waals surface area contributed by atoms with E-state index in [1.54, 1.807) is 0 Å². The van der Waals surface area contributed by atoms with Gasteiger partial charge in [0.25, 0.3) is 0 Å². The number of nitrogens with one attached hydrogen (secondary N) is 1. The third-order valence-corrected chi connectivity index (χ3v) is 6.80. The summed E-state index contributed by atoms with van der Waals surface area (Å²) in [7, 11) is 0. The second-order valence-electron chi connectivity index (χ2n) is 6.75. The number of hydrogen-bond donors (Lipinski definition) is 1. The number of amides is 1. The van der Waals surface area contributed by atoms with Crippen molar-refractivity contribution in [3.63, 3.8) is 0 Å². The number of rotatable bonds is 2. The van der Waals surface area contributed by atoms with Crippen LogP contribution in [0.1, 0.15) is 17.5 Å². The Kier molecular flexibility index (Phi) is 3.12. The van der Waals surface area contributed by atoms with E-state index in [1.165, 1.54) is 5.56 Å². The number of esters is 1. The average Bonchev–Trinajstić information content (AvgIpc) is 3.07. The molecule has 1 N–H and O–H groups in total. The Bertz CT molecular complexity index is 674. The van der Waals surface area contributed by atoms with Gasteiger partial charge in [0.15, 0.2) is 0 Å². The zero-order valence-electron chi connectivity index (χ0n) is 12.5. The van der Waals surface area contributed by atoms with Crippen molar-refractivity contribution in [2.24, 2.45) is 23.7 Å². The lowest BCUT2D eigenvalue weighted by atomic mass is 9.79. The number of benzene rings is 1. The highest BCUT2D eigenvalue weighted by Gasteiger charge is 2.67. The van der Waals surface area contributed by atoms with Crippen LogP contribution in [0.2, 0.25) is 0 Å². The topological polar surface area (TPSA) is 55.4 Å². The Hall–Kier alpha value is -1.36. The number of fused-ring (bicyclic) bond motifs is 1. The van der Waals surface area contributed by atoms with Crippen LogP contribution in [0.15, 0.2) is 18.2 Å². The number of aryl methyl sites for hydroxylation is 2. The second kappa shape index (κ2) is 4.82. The van der Waals surface area contributed by atoms with E-state index in [1.807, 2.05) is 32.0 Å². The van der Waals surface area contributed by atoms with Gasteiger partial charge in [-0.3, -0.25) is 9.59 Å². The number of hydrogen-bond acceptors (Lipinski definition) is 3. The molecule has 1 heterocycles. The molecule has 1 amide bonds. The smallest absolute Gasteiger partial charge is 0.310 e. The summed E-state index contributed by atoms with van der Waals surface area (Å²) in [6, 6.07) is 5.88. The van der Waals surface area contributed by atoms with E-state index < -0.39 is 0 Å². The fourth-order valence-corrected chi connectivity index (χ4v) is 5.42. The van der Waals surface area contributed by atoms with Gasteiger partial charge in [0, 0.05) is 11.6 Å². The van der Waals surface area contributed by atoms with E-state index in [-0.39, 0.29) is 46.5 Å². The van der Waals surface area contributed by atoms with Crippen LogP contribution in [-0.2, 0) is 14.3 Å². The minimum Gasteiger partial charge on any atom is -0.461 e. The number of anilines is 1. The molecule has 4 nitrogen and oxygen atoms in total. The van der Waals surface area contributed by atoms with Crippen molar-refractivity contribution in [3.8, 4) is 0 Å². The Morgan fingerprint density at radius 1 is 1.27 bits per heavy atom. The van der Waals surface area contributed by atoms with E-state index in [0.717, 1.165) is 17.7 Å². The first-order valence-corrected chi connectivity index (χ1v) is 8.61. The molecule has 22 heavy (non-hydrogen) atoms. The molecule has 0 radical (unpaired) electrons. The lowest BCUT2D eigenvalue weighted by molar-refractivity contribution is -0.145. The van der Waals surface area contributed by atoms with Gasteiger partial charge in [0.05, 0.1) is 16.7 Å². The molecule has 3 aliphatic rings. The van der Waals surface area contributed by atoms with E-state index in [4.69, 9.17) is 4.74 Å². The van der Waals surface area contributed by atoms with E-state index in [0.29, 0.717) is 0 Å². The SMILES string of the molecule is Cc1ccc(NC(=O)[C@@H]2[C@H]3C[C@H]4[C@H](OC(=O)[C@@H]42)[C@@H]3Br)cc1C. The molecule has 4 rings (SSSR count). The summed E-state index contributed by atoms with van der Waals surface area (Å²) in [4.78, 5) is 24.9. The number of ether oxygens (including phenoxy) is 1. The molecule has 1 aromatic rings. The minimum atomic E-state index is -0.276. The minimum absolute atomic E-state index is 0.0341. The van der Waals surface area contributed by atoms with Crippen LogP contribution in [0.3, 0.4) is 0 Å². The van der Waals surface area contributed by atoms with Crippen molar-refractivity contribution in [2.45, 2.75) is 31.2 Å². The number of carbonyl (C=O) groups is 2. The van der Waals surface area contributed by atoms with E-state index in [9.17, 15) is 9.59 Å². The normalized spacial score (nSPS) is 38.2. The Morgan fingerprint density at radius 2 is 2.05 bits per heavy atom. The molecule has 2 saturated carbocycles. The van der Waals surface area contributed by atoms with Crippen molar-refractivity contribution in [2.75, 3.05) is 5.32 Å². The lowest BCUT2D eigenvalue weighted by Gasteiger charge is -2.27. The number of halogens is 1. The molecule has 5 heteroatoms. The maximum absolute atomic E-state index is 12.7. The maximum atomic E-state index is 12.7. The van der Waals surface area contributed by atoms with Gasteiger partial charge in [-0.1, -0.05) is 22.0 Å². The van der Waals surface area contributed by atoms with Gasteiger partial charge in [-0.2, -0.15) is 0 Å². The monoisotopic (exact) mass is 363 g/mol. The third kappa shape index (κ3) is 1.87. The summed E-state index contributed by atoms with van der Waals surface area (Å²) in [6.07, 6.45) is 0.871. The second-order valence-corrected chi connectivity index (χ2v) is 7.81. The quantitative estimate of drug-likeness (QED) is 0.649. The van der Waals surface area contributed by atoms with Crippen LogP contribution in [0.5, 0.6) is 0 Å². The van der Waals surface area contributed by atoms with Gasteiger partial charge in [-0.15, -0.1) is 0 Å². The van der Waals surface area contributed by atoms with Crippen LogP contribution in [0.4, 0.5) is 5.69 Å². The molecule has 6 atom stereocenters. The van der Waals surface area contributed by atoms with Crippen molar-refractivity contribution in [1.29, 1.82) is 0 Å². The first-order valence-electron chi connectivity index (χ1n) is 7.70. The molecule has 2 bridgehead atoms. The predicted molar refractivity (Wildman–Crippen MR) is 85.7 cm³/mol. The first kappa shape index (κ1) is 14.2. The zero-order valence-corrected chi connectivity index (χ0v) is 14.1. The van der Waals surface area contributed by atoms with Gasteiger partial charge in [-0.25, -0.2) is 0 Å². The standard InChI is InChI=1S/C17H18BrNO3/c1-7-3-4-9(5-8(7)2)19-16(20)12-10-6-11-13(12)17(21)22-15(11)14(10)18/h3-5,10-15H,6H2,1-2H3,(H,19,20)/t10-,11-,12-,13+,14-,15+/m1/s1. The van der Waals surface area contributed by atoms with Crippen LogP contribution < -0.4 is 5.32 Å². The Labute approximate surface area is 137 Å². The van der Waals surface area contributed by atoms with Gasteiger partial charge in [-0.05, 0) is 49.4 Å². The summed E-state index contributed by atoms with van der Waals surface area (Å²) in [5.41, 5.74) is 3.13. The molecular weight excluding hydrogens is 346 g/mol. The lowest BCUT2D eigenvalue weighted by Crippen LogP contribution is -2.40. The van der Waals surface area contributed by atoms with Gasteiger partial charge < -0.3 is 10.1 Å². The zero-order chi connectivity index (χ0) is 15.6. The molecule has 0 aromatic heterocycles. The molecule has 2 aliphatic carbocycles. The maximum Gasteiger partial charge on any atom is 0.310 e. The fourth-order valence-electron chi connectivity index (χ4n) is 4.38. The average molecular weight is 364 g/mol. The highest BCUT2D eigenvalue weighted by Crippen LogP contribution is 2.60. The Balaban J connectivity index is 1.58. The highest BCUT2D eigenvalue weighted by molar-refractivity contribution is 9.09. The van der Waals surface area contributed by atoms with Crippen molar-refractivity contribution in [1.82, 2.24) is 0 Å². The summed E-state index contributed by atoms with van der Waals surface area (Å²) >= 11 is 3.63. The van der Waals surface area contributed by atoms with E-state index >= 15 is 0 Å². The van der Waals surface area contributed by atoms with Crippen LogP contribution >= 0.6 is 15.9 Å². The summed E-state index contributed by atoms with van der Waals surface area (Å²) in [5, 5.41) is 2.99. The third-order valence-electron chi connectivity index (χ3n) is 5.60. The molecule has 0 unspecified atom stereocenters. The van der Waals surface area contributed by atoms with Crippen molar-refractivity contribution >= 4 is 33.5 Å². The molecule has 116 valence electrons. The number of carbonyl (C=O) groups excluding carboxylic acids is 2. The van der Waals surface area contributed by atoms with Crippen LogP contribution in [0.25, 0.3) is 0 Å². The largest absolute Gasteiger partial charge is 0.461 e. The summed E-state index contributed by atoms with van der Waals surface area (Å²) in [6.45, 7) is 4.07. The van der Waals surface area contributed by atoms with Crippen LogP contribution in [-0.4, -0.2) is 22.8 Å². The first-order chi connectivity index (χ1) is 10.5. The van der Waals surface area contributed by atoms with Gasteiger partial charge in [0.2, 0.25) is 5.91 Å². The molecule has 0 spiro atoms. The summed E-state index contributed by atoms with van der Waals surface area (Å²) in [5.74, 6) is -0.379. The molecule has 1 aliphatic heterocycles. The molecular formula is C17H18BrNO3. The number of alkyl halides is 1. The van der Waals surface area contributed by atoms with Gasteiger partial charge in [0.1, 0.15) is 6.10 Å². The van der Waals surface area contributed by atoms with E-state index in [2.05, 4.69) is 21.2 Å². The Morgan fingerprint density at radius 3 is 2.77 bits per heavy atom. The van der Waals surface area contributed by atoms with Crippen molar-refractivity contribution in [3.05, 3.63) is 29.3 Å². The fraction of sp³-hybridized carbons (Fsp3) is 0.529. The van der Waals surface area contributed by atoms with Crippen molar-refractivity contribution < 1.29 is 14.3 Å². The molecule has 3 fully saturated rings.